The summed E-state index contributed by atoms with van der Waals surface area (Å²) in [5.41, 5.74) is 6.28. The third kappa shape index (κ3) is 2.30. The number of nitrogens with zero attached hydrogens (tertiary/aromatic N) is 4. The van der Waals surface area contributed by atoms with Crippen LogP contribution in [0.3, 0.4) is 0 Å². The molecule has 2 rings (SSSR count). The van der Waals surface area contributed by atoms with Gasteiger partial charge in [-0.2, -0.15) is 10.5 Å². The second kappa shape index (κ2) is 4.92. The molecular formula is C10H6N6S. The number of rotatable bonds is 3. The molecule has 0 amide bonds. The van der Waals surface area contributed by atoms with Crippen molar-refractivity contribution in [2.45, 2.75) is 0 Å². The van der Waals surface area contributed by atoms with Crippen LogP contribution in [0.5, 0.6) is 0 Å². The molecule has 0 radical (unpaired) electrons. The molecule has 0 spiro atoms. The molecular weight excluding hydrogens is 236 g/mol. The Morgan fingerprint density at radius 3 is 2.94 bits per heavy atom. The normalized spacial score (nSPS) is 9.06. The minimum Gasteiger partial charge on any atom is -0.305 e. The van der Waals surface area contributed by atoms with Crippen molar-refractivity contribution in [2.75, 3.05) is 5.43 Å². The number of hydrazine groups is 1. The minimum atomic E-state index is -0.0195. The number of fused-ring (bicyclic) bond motifs is 1. The molecule has 0 aromatic carbocycles. The molecule has 0 bridgehead atoms. The van der Waals surface area contributed by atoms with E-state index in [0.29, 0.717) is 5.82 Å². The van der Waals surface area contributed by atoms with E-state index in [4.69, 9.17) is 10.5 Å². The van der Waals surface area contributed by atoms with Crippen molar-refractivity contribution >= 4 is 27.4 Å². The quantitative estimate of drug-likeness (QED) is 0.625. The fourth-order valence-corrected chi connectivity index (χ4v) is 1.93. The third-order valence-corrected chi connectivity index (χ3v) is 2.80. The van der Waals surface area contributed by atoms with E-state index in [-0.39, 0.29) is 5.57 Å². The van der Waals surface area contributed by atoms with Crippen molar-refractivity contribution in [1.29, 1.82) is 10.5 Å². The largest absolute Gasteiger partial charge is 0.305 e. The lowest BCUT2D eigenvalue weighted by Gasteiger charge is -2.04. The van der Waals surface area contributed by atoms with E-state index in [0.717, 1.165) is 10.2 Å². The van der Waals surface area contributed by atoms with Gasteiger partial charge in [0.15, 0.2) is 5.82 Å². The first-order valence-corrected chi connectivity index (χ1v) is 5.43. The Balaban J connectivity index is 2.15. The SMILES string of the molecule is N#CC(C#N)=CNNc1ncnc2ccsc12. The molecule has 0 aliphatic heterocycles. The van der Waals surface area contributed by atoms with Crippen molar-refractivity contribution < 1.29 is 0 Å². The van der Waals surface area contributed by atoms with Gasteiger partial charge < -0.3 is 5.43 Å². The third-order valence-electron chi connectivity index (χ3n) is 1.89. The summed E-state index contributed by atoms with van der Waals surface area (Å²) < 4.78 is 0.906. The number of anilines is 1. The van der Waals surface area contributed by atoms with Crippen LogP contribution in [-0.4, -0.2) is 9.97 Å². The van der Waals surface area contributed by atoms with Crippen molar-refractivity contribution in [3.63, 3.8) is 0 Å². The standard InChI is InChI=1S/C10H6N6S/c11-3-7(4-12)5-15-16-10-9-8(1-2-17-9)13-6-14-10/h1-2,5-6,15H,(H,13,14,16). The van der Waals surface area contributed by atoms with Crippen LogP contribution in [0.1, 0.15) is 0 Å². The molecule has 0 aliphatic rings. The fraction of sp³-hybridized carbons (Fsp3) is 0. The first kappa shape index (κ1) is 10.9. The zero-order chi connectivity index (χ0) is 12.1. The molecule has 7 heteroatoms. The molecule has 0 unspecified atom stereocenters. The van der Waals surface area contributed by atoms with Crippen molar-refractivity contribution in [2.24, 2.45) is 0 Å². The van der Waals surface area contributed by atoms with Crippen molar-refractivity contribution in [1.82, 2.24) is 15.4 Å². The van der Waals surface area contributed by atoms with Gasteiger partial charge in [0.05, 0.1) is 10.2 Å². The van der Waals surface area contributed by atoms with Gasteiger partial charge in [-0.1, -0.05) is 0 Å². The van der Waals surface area contributed by atoms with Gasteiger partial charge in [0, 0.05) is 6.20 Å². The maximum atomic E-state index is 8.53. The average molecular weight is 242 g/mol. The maximum absolute atomic E-state index is 8.53. The summed E-state index contributed by atoms with van der Waals surface area (Å²) in [5.74, 6) is 0.608. The van der Waals surface area contributed by atoms with Gasteiger partial charge in [0.25, 0.3) is 0 Å². The number of hydrogen-bond donors (Lipinski definition) is 2. The van der Waals surface area contributed by atoms with Gasteiger partial charge in [0.2, 0.25) is 0 Å². The van der Waals surface area contributed by atoms with E-state index in [1.165, 1.54) is 23.9 Å². The summed E-state index contributed by atoms with van der Waals surface area (Å²) in [6, 6.07) is 5.36. The average Bonchev–Trinajstić information content (AvgIpc) is 2.83. The van der Waals surface area contributed by atoms with Crippen molar-refractivity contribution in [3.8, 4) is 12.1 Å². The van der Waals surface area contributed by atoms with Gasteiger partial charge in [-0.05, 0) is 11.4 Å². The van der Waals surface area contributed by atoms with Gasteiger partial charge in [-0.15, -0.1) is 11.3 Å². The van der Waals surface area contributed by atoms with Crippen LogP contribution in [0.2, 0.25) is 0 Å². The molecule has 0 atom stereocenters. The Bertz CT molecular complexity index is 629. The van der Waals surface area contributed by atoms with Gasteiger partial charge in [-0.25, -0.2) is 9.97 Å². The molecule has 2 aromatic heterocycles. The molecule has 0 saturated heterocycles. The molecule has 0 fully saturated rings. The van der Waals surface area contributed by atoms with Crippen LogP contribution >= 0.6 is 11.3 Å². The summed E-state index contributed by atoms with van der Waals surface area (Å²) >= 11 is 1.51. The number of nitriles is 2. The van der Waals surface area contributed by atoms with Crippen LogP contribution in [0.4, 0.5) is 5.82 Å². The molecule has 17 heavy (non-hydrogen) atoms. The Hall–Kier alpha value is -2.64. The van der Waals surface area contributed by atoms with E-state index in [9.17, 15) is 0 Å². The zero-order valence-corrected chi connectivity index (χ0v) is 9.32. The number of hydrogen-bond acceptors (Lipinski definition) is 7. The Morgan fingerprint density at radius 1 is 1.35 bits per heavy atom. The maximum Gasteiger partial charge on any atom is 0.165 e. The molecule has 2 aromatic rings. The first-order valence-electron chi connectivity index (χ1n) is 4.55. The zero-order valence-electron chi connectivity index (χ0n) is 8.51. The highest BCUT2D eigenvalue weighted by atomic mass is 32.1. The van der Waals surface area contributed by atoms with Crippen LogP contribution < -0.4 is 10.9 Å². The Kier molecular flexibility index (Phi) is 3.15. The predicted molar refractivity (Wildman–Crippen MR) is 63.5 cm³/mol. The Labute approximate surface area is 101 Å². The summed E-state index contributed by atoms with van der Waals surface area (Å²) in [6.07, 6.45) is 2.72. The molecule has 2 N–H and O–H groups in total. The Morgan fingerprint density at radius 2 is 2.18 bits per heavy atom. The lowest BCUT2D eigenvalue weighted by Crippen LogP contribution is -2.16. The van der Waals surface area contributed by atoms with Crippen LogP contribution in [0, 0.1) is 22.7 Å². The lowest BCUT2D eigenvalue weighted by atomic mass is 10.4. The van der Waals surface area contributed by atoms with E-state index in [2.05, 4.69) is 20.8 Å². The molecule has 82 valence electrons. The molecule has 2 heterocycles. The number of nitrogens with one attached hydrogen (secondary N) is 2. The molecule has 6 nitrogen and oxygen atoms in total. The number of thiophene rings is 1. The van der Waals surface area contributed by atoms with Gasteiger partial charge in [-0.3, -0.25) is 5.43 Å². The summed E-state index contributed by atoms with van der Waals surface area (Å²) in [4.78, 5) is 8.15. The van der Waals surface area contributed by atoms with Crippen LogP contribution in [0.15, 0.2) is 29.5 Å². The highest BCUT2D eigenvalue weighted by Crippen LogP contribution is 2.23. The second-order valence-corrected chi connectivity index (χ2v) is 3.82. The minimum absolute atomic E-state index is 0.0195. The summed E-state index contributed by atoms with van der Waals surface area (Å²) in [5, 5.41) is 19.0. The smallest absolute Gasteiger partial charge is 0.165 e. The van der Waals surface area contributed by atoms with E-state index >= 15 is 0 Å². The van der Waals surface area contributed by atoms with Crippen LogP contribution in [-0.2, 0) is 0 Å². The lowest BCUT2D eigenvalue weighted by molar-refractivity contribution is 1.02. The highest BCUT2D eigenvalue weighted by molar-refractivity contribution is 7.17. The van der Waals surface area contributed by atoms with Crippen molar-refractivity contribution in [3.05, 3.63) is 29.5 Å². The van der Waals surface area contributed by atoms with E-state index in [1.54, 1.807) is 12.1 Å². The fourth-order valence-electron chi connectivity index (χ4n) is 1.14. The van der Waals surface area contributed by atoms with Gasteiger partial charge in [0.1, 0.15) is 24.0 Å². The number of aromatic nitrogens is 2. The summed E-state index contributed by atoms with van der Waals surface area (Å²) in [6.45, 7) is 0. The molecule has 0 aliphatic carbocycles. The first-order chi connectivity index (χ1) is 8.35. The second-order valence-electron chi connectivity index (χ2n) is 2.91. The topological polar surface area (TPSA) is 97.4 Å². The highest BCUT2D eigenvalue weighted by Gasteiger charge is 2.03. The van der Waals surface area contributed by atoms with E-state index in [1.807, 2.05) is 11.4 Å². The summed E-state index contributed by atoms with van der Waals surface area (Å²) in [7, 11) is 0. The molecule has 0 saturated carbocycles. The monoisotopic (exact) mass is 242 g/mol. The van der Waals surface area contributed by atoms with E-state index < -0.39 is 0 Å². The number of allylic oxidation sites excluding steroid dienone is 1. The van der Waals surface area contributed by atoms with Crippen LogP contribution in [0.25, 0.3) is 10.2 Å². The van der Waals surface area contributed by atoms with Gasteiger partial charge >= 0.3 is 0 Å². The predicted octanol–water partition coefficient (Wildman–Crippen LogP) is 1.54.